The van der Waals surface area contributed by atoms with E-state index in [0.29, 0.717) is 43.0 Å². The van der Waals surface area contributed by atoms with Gasteiger partial charge >= 0.3 is 0 Å². The predicted octanol–water partition coefficient (Wildman–Crippen LogP) is 7.44. The van der Waals surface area contributed by atoms with Crippen LogP contribution in [0.15, 0.2) is 64.5 Å². The Kier molecular flexibility index (Phi) is 7.22. The molecular formula is C26H22Cl2N2O3S. The van der Waals surface area contributed by atoms with Crippen molar-refractivity contribution in [3.8, 4) is 11.5 Å². The zero-order chi connectivity index (χ0) is 24.4. The summed E-state index contributed by atoms with van der Waals surface area (Å²) in [5, 5.41) is 1.70. The van der Waals surface area contributed by atoms with E-state index in [1.807, 2.05) is 56.3 Å². The summed E-state index contributed by atoms with van der Waals surface area (Å²) in [6, 6.07) is 16.6. The summed E-state index contributed by atoms with van der Waals surface area (Å²) in [5.74, 6) is 0.999. The van der Waals surface area contributed by atoms with E-state index in [4.69, 9.17) is 37.7 Å². The van der Waals surface area contributed by atoms with Gasteiger partial charge in [-0.15, -0.1) is 0 Å². The van der Waals surface area contributed by atoms with Crippen molar-refractivity contribution in [1.82, 2.24) is 0 Å². The van der Waals surface area contributed by atoms with Gasteiger partial charge in [0.25, 0.3) is 5.91 Å². The molecule has 0 aromatic heterocycles. The normalized spacial score (nSPS) is 15.9. The number of aliphatic imine (C=N–C) groups is 1. The Morgan fingerprint density at radius 1 is 0.882 bits per heavy atom. The van der Waals surface area contributed by atoms with Gasteiger partial charge in [0.2, 0.25) is 0 Å². The molecule has 4 rings (SSSR count). The molecule has 1 heterocycles. The van der Waals surface area contributed by atoms with Crippen molar-refractivity contribution in [3.63, 3.8) is 0 Å². The highest BCUT2D eigenvalue weighted by Gasteiger charge is 2.35. The van der Waals surface area contributed by atoms with Crippen molar-refractivity contribution in [2.24, 2.45) is 4.99 Å². The summed E-state index contributed by atoms with van der Waals surface area (Å²) in [7, 11) is 3.15. The van der Waals surface area contributed by atoms with Gasteiger partial charge in [0.1, 0.15) is 0 Å². The Morgan fingerprint density at radius 3 is 2.21 bits per heavy atom. The third-order valence-corrected chi connectivity index (χ3v) is 7.09. The van der Waals surface area contributed by atoms with Crippen molar-refractivity contribution < 1.29 is 14.3 Å². The van der Waals surface area contributed by atoms with E-state index in [9.17, 15) is 4.79 Å². The minimum atomic E-state index is -0.198. The standard InChI is InChI=1S/C26H22Cl2N2O3S/c1-15-5-8-18(13-20(15)27)29-26-30(19-9-6-16(2)21(28)14-19)25(31)24(34-26)12-17-7-10-22(32-3)23(11-17)33-4/h5-14H,1-4H3/b24-12+,29-26?. The first-order chi connectivity index (χ1) is 16.3. The second kappa shape index (κ2) is 10.1. The number of thioether (sulfide) groups is 1. The predicted molar refractivity (Wildman–Crippen MR) is 142 cm³/mol. The van der Waals surface area contributed by atoms with Crippen molar-refractivity contribution in [2.75, 3.05) is 19.1 Å². The maximum atomic E-state index is 13.5. The van der Waals surface area contributed by atoms with E-state index < -0.39 is 0 Å². The van der Waals surface area contributed by atoms with Crippen LogP contribution in [0.3, 0.4) is 0 Å². The topological polar surface area (TPSA) is 51.1 Å². The maximum Gasteiger partial charge on any atom is 0.271 e. The van der Waals surface area contributed by atoms with Crippen molar-refractivity contribution in [1.29, 1.82) is 0 Å². The summed E-state index contributed by atoms with van der Waals surface area (Å²) >= 11 is 14.0. The molecule has 1 aliphatic heterocycles. The summed E-state index contributed by atoms with van der Waals surface area (Å²) < 4.78 is 10.7. The number of nitrogens with zero attached hydrogens (tertiary/aromatic N) is 2. The second-order valence-electron chi connectivity index (χ2n) is 7.63. The van der Waals surface area contributed by atoms with Crippen LogP contribution < -0.4 is 14.4 Å². The highest BCUT2D eigenvalue weighted by molar-refractivity contribution is 8.19. The van der Waals surface area contributed by atoms with E-state index in [2.05, 4.69) is 0 Å². The van der Waals surface area contributed by atoms with Crippen molar-refractivity contribution >= 4 is 63.5 Å². The van der Waals surface area contributed by atoms with Gasteiger partial charge in [-0.25, -0.2) is 4.99 Å². The molecule has 0 spiro atoms. The Balaban J connectivity index is 1.79. The molecule has 174 valence electrons. The molecule has 1 fully saturated rings. The average molecular weight is 513 g/mol. The number of hydrogen-bond donors (Lipinski definition) is 0. The van der Waals surface area contributed by atoms with E-state index >= 15 is 0 Å². The number of amidine groups is 1. The fraction of sp³-hybridized carbons (Fsp3) is 0.154. The number of amides is 1. The summed E-state index contributed by atoms with van der Waals surface area (Å²) in [6.45, 7) is 3.84. The number of halogens is 2. The maximum absolute atomic E-state index is 13.5. The van der Waals surface area contributed by atoms with Crippen LogP contribution in [0.1, 0.15) is 16.7 Å². The molecule has 3 aromatic carbocycles. The molecule has 3 aromatic rings. The molecule has 0 saturated carbocycles. The zero-order valence-corrected chi connectivity index (χ0v) is 21.4. The number of rotatable bonds is 5. The first-order valence-electron chi connectivity index (χ1n) is 10.4. The molecule has 0 unspecified atom stereocenters. The van der Waals surface area contributed by atoms with Gasteiger partial charge in [-0.2, -0.15) is 0 Å². The average Bonchev–Trinajstić information content (AvgIpc) is 3.12. The van der Waals surface area contributed by atoms with Gasteiger partial charge in [-0.1, -0.05) is 41.4 Å². The van der Waals surface area contributed by atoms with Crippen LogP contribution in [-0.2, 0) is 4.79 Å². The molecule has 1 saturated heterocycles. The van der Waals surface area contributed by atoms with Gasteiger partial charge < -0.3 is 9.47 Å². The third-order valence-electron chi connectivity index (χ3n) is 5.31. The van der Waals surface area contributed by atoms with Gasteiger partial charge in [0, 0.05) is 10.0 Å². The number of hydrogen-bond acceptors (Lipinski definition) is 5. The van der Waals surface area contributed by atoms with E-state index in [0.717, 1.165) is 16.7 Å². The van der Waals surface area contributed by atoms with Crippen LogP contribution in [0.25, 0.3) is 6.08 Å². The number of ether oxygens (including phenoxy) is 2. The fourth-order valence-electron chi connectivity index (χ4n) is 3.35. The molecule has 1 aliphatic rings. The largest absolute Gasteiger partial charge is 0.493 e. The molecule has 5 nitrogen and oxygen atoms in total. The highest BCUT2D eigenvalue weighted by Crippen LogP contribution is 2.39. The molecule has 0 bridgehead atoms. The lowest BCUT2D eigenvalue weighted by molar-refractivity contribution is -0.113. The number of benzene rings is 3. The second-order valence-corrected chi connectivity index (χ2v) is 9.45. The quantitative estimate of drug-likeness (QED) is 0.333. The van der Waals surface area contributed by atoms with E-state index in [1.54, 1.807) is 37.3 Å². The van der Waals surface area contributed by atoms with Crippen LogP contribution in [0.4, 0.5) is 11.4 Å². The Labute approximate surface area is 213 Å². The van der Waals surface area contributed by atoms with Crippen LogP contribution in [0.5, 0.6) is 11.5 Å². The Morgan fingerprint density at radius 2 is 1.56 bits per heavy atom. The molecule has 0 aliphatic carbocycles. The fourth-order valence-corrected chi connectivity index (χ4v) is 4.70. The minimum absolute atomic E-state index is 0.198. The first-order valence-corrected chi connectivity index (χ1v) is 11.9. The Bertz CT molecular complexity index is 1340. The number of aryl methyl sites for hydroxylation is 2. The number of methoxy groups -OCH3 is 2. The molecule has 0 radical (unpaired) electrons. The first kappa shape index (κ1) is 24.2. The highest BCUT2D eigenvalue weighted by atomic mass is 35.5. The smallest absolute Gasteiger partial charge is 0.271 e. The Hall–Kier alpha value is -2.93. The summed E-state index contributed by atoms with van der Waals surface area (Å²) in [4.78, 5) is 20.4. The third kappa shape index (κ3) is 4.94. The van der Waals surface area contributed by atoms with E-state index in [-0.39, 0.29) is 5.91 Å². The van der Waals surface area contributed by atoms with Gasteiger partial charge in [0.15, 0.2) is 16.7 Å². The minimum Gasteiger partial charge on any atom is -0.493 e. The lowest BCUT2D eigenvalue weighted by Gasteiger charge is -2.16. The number of carbonyl (C=O) groups is 1. The number of carbonyl (C=O) groups excluding carboxylic acids is 1. The van der Waals surface area contributed by atoms with Gasteiger partial charge in [-0.3, -0.25) is 9.69 Å². The van der Waals surface area contributed by atoms with E-state index in [1.165, 1.54) is 11.8 Å². The summed E-state index contributed by atoms with van der Waals surface area (Å²) in [6.07, 6.45) is 1.81. The lowest BCUT2D eigenvalue weighted by atomic mass is 10.1. The van der Waals surface area contributed by atoms with Crippen molar-refractivity contribution in [2.45, 2.75) is 13.8 Å². The van der Waals surface area contributed by atoms with Crippen LogP contribution >= 0.6 is 35.0 Å². The molecule has 8 heteroatoms. The molecule has 0 N–H and O–H groups in total. The molecular weight excluding hydrogens is 491 g/mol. The molecule has 1 amide bonds. The zero-order valence-electron chi connectivity index (χ0n) is 19.1. The van der Waals surface area contributed by atoms with Gasteiger partial charge in [-0.05, 0) is 84.8 Å². The van der Waals surface area contributed by atoms with Crippen molar-refractivity contribution in [3.05, 3.63) is 86.2 Å². The lowest BCUT2D eigenvalue weighted by Crippen LogP contribution is -2.28. The van der Waals surface area contributed by atoms with Crippen LogP contribution in [0, 0.1) is 13.8 Å². The molecule has 34 heavy (non-hydrogen) atoms. The molecule has 0 atom stereocenters. The van der Waals surface area contributed by atoms with Gasteiger partial charge in [0.05, 0.1) is 30.5 Å². The van der Waals surface area contributed by atoms with Crippen LogP contribution in [0.2, 0.25) is 10.0 Å². The van der Waals surface area contributed by atoms with Crippen LogP contribution in [-0.4, -0.2) is 25.3 Å². The number of anilines is 1. The summed E-state index contributed by atoms with van der Waals surface area (Å²) in [5.41, 5.74) is 3.98. The SMILES string of the molecule is COc1ccc(/C=C2/SC(=Nc3ccc(C)c(Cl)c3)N(c3ccc(C)c(Cl)c3)C2=O)cc1OC. The monoisotopic (exact) mass is 512 g/mol.